The first-order valence-corrected chi connectivity index (χ1v) is 15.0. The number of fused-ring (bicyclic) bond motifs is 1. The first kappa shape index (κ1) is 26.2. The highest BCUT2D eigenvalue weighted by Gasteiger charge is 2.38. The number of hydrogen-bond donors (Lipinski definition) is 0. The second-order valence-corrected chi connectivity index (χ2v) is 11.9. The van der Waals surface area contributed by atoms with E-state index in [0.717, 1.165) is 40.4 Å². The number of ether oxygens (including phenoxy) is 1. The van der Waals surface area contributed by atoms with Crippen molar-refractivity contribution in [2.75, 3.05) is 32.8 Å². The van der Waals surface area contributed by atoms with E-state index in [1.165, 1.54) is 66.5 Å². The second kappa shape index (κ2) is 11.0. The van der Waals surface area contributed by atoms with E-state index in [4.69, 9.17) is 4.74 Å². The van der Waals surface area contributed by atoms with E-state index in [9.17, 15) is 0 Å². The van der Waals surface area contributed by atoms with Gasteiger partial charge in [0.1, 0.15) is 11.4 Å². The summed E-state index contributed by atoms with van der Waals surface area (Å²) in [6, 6.07) is 8.75. The van der Waals surface area contributed by atoms with Gasteiger partial charge < -0.3 is 9.64 Å². The minimum atomic E-state index is -0.0725. The van der Waals surface area contributed by atoms with Gasteiger partial charge in [-0.25, -0.2) is 0 Å². The Labute approximate surface area is 214 Å². The highest BCUT2D eigenvalue weighted by atomic mass is 31.1. The van der Waals surface area contributed by atoms with Crippen molar-refractivity contribution in [3.8, 4) is 5.75 Å². The third kappa shape index (κ3) is 5.75. The smallest absolute Gasteiger partial charge is 0.123 e. The zero-order valence-electron chi connectivity index (χ0n) is 22.5. The molecule has 3 aliphatic heterocycles. The Morgan fingerprint density at radius 3 is 2.43 bits per heavy atom. The molecule has 5 heteroatoms. The van der Waals surface area contributed by atoms with Gasteiger partial charge >= 0.3 is 0 Å². The summed E-state index contributed by atoms with van der Waals surface area (Å²) in [4.78, 5) is 9.50. The van der Waals surface area contributed by atoms with Crippen LogP contribution in [0.5, 0.6) is 5.75 Å². The van der Waals surface area contributed by atoms with Crippen LogP contribution in [0, 0.1) is 5.41 Å². The normalized spacial score (nSPS) is 20.9. The van der Waals surface area contributed by atoms with Crippen molar-refractivity contribution in [2.24, 2.45) is 5.41 Å². The molecule has 1 unspecified atom stereocenters. The van der Waals surface area contributed by atoms with Gasteiger partial charge in [0.2, 0.25) is 0 Å². The van der Waals surface area contributed by atoms with Gasteiger partial charge in [0, 0.05) is 60.6 Å². The first-order chi connectivity index (χ1) is 16.9. The molecule has 0 radical (unpaired) electrons. The molecular formula is C30H44N3OP. The SMILES string of the molecule is C=C(c1ccncc1PC)N1CCC2(CCN(Cc3cccc4c3CC(C)(C)O4)CC2)CC1.CC. The van der Waals surface area contributed by atoms with Crippen LogP contribution < -0.4 is 10.0 Å². The summed E-state index contributed by atoms with van der Waals surface area (Å²) in [6.45, 7) is 20.8. The Hall–Kier alpha value is -1.90. The molecule has 5 rings (SSSR count). The molecule has 0 N–H and O–H groups in total. The topological polar surface area (TPSA) is 28.6 Å². The van der Waals surface area contributed by atoms with Crippen molar-refractivity contribution in [1.82, 2.24) is 14.8 Å². The Morgan fingerprint density at radius 2 is 1.74 bits per heavy atom. The number of pyridine rings is 1. The van der Waals surface area contributed by atoms with Crippen molar-refractivity contribution in [3.63, 3.8) is 0 Å². The second-order valence-electron chi connectivity index (χ2n) is 10.8. The Balaban J connectivity index is 0.00000141. The fourth-order valence-electron chi connectivity index (χ4n) is 6.01. The number of rotatable bonds is 5. The highest BCUT2D eigenvalue weighted by molar-refractivity contribution is 7.46. The summed E-state index contributed by atoms with van der Waals surface area (Å²) in [6.07, 6.45) is 10.2. The first-order valence-electron chi connectivity index (χ1n) is 13.5. The maximum Gasteiger partial charge on any atom is 0.123 e. The number of benzene rings is 1. The zero-order valence-corrected chi connectivity index (χ0v) is 23.5. The van der Waals surface area contributed by atoms with E-state index in [2.05, 4.69) is 66.1 Å². The van der Waals surface area contributed by atoms with Crippen LogP contribution in [0.3, 0.4) is 0 Å². The minimum absolute atomic E-state index is 0.0725. The fourth-order valence-corrected chi connectivity index (χ4v) is 6.71. The molecule has 0 amide bonds. The lowest BCUT2D eigenvalue weighted by Gasteiger charge is -2.48. The van der Waals surface area contributed by atoms with E-state index in [1.807, 2.05) is 26.2 Å². The van der Waals surface area contributed by atoms with Crippen LogP contribution in [0.25, 0.3) is 5.70 Å². The maximum atomic E-state index is 6.16. The molecule has 0 saturated carbocycles. The van der Waals surface area contributed by atoms with E-state index < -0.39 is 0 Å². The van der Waals surface area contributed by atoms with Crippen LogP contribution in [-0.4, -0.2) is 53.2 Å². The predicted octanol–water partition coefficient (Wildman–Crippen LogP) is 6.10. The molecule has 3 aliphatic rings. The Bertz CT molecular complexity index is 1020. The molecule has 4 heterocycles. The number of aromatic nitrogens is 1. The number of hydrogen-bond acceptors (Lipinski definition) is 4. The fraction of sp³-hybridized carbons (Fsp3) is 0.567. The molecular weight excluding hydrogens is 449 g/mol. The summed E-state index contributed by atoms with van der Waals surface area (Å²) < 4.78 is 6.16. The van der Waals surface area contributed by atoms with Crippen LogP contribution in [-0.2, 0) is 13.0 Å². The predicted molar refractivity (Wildman–Crippen MR) is 151 cm³/mol. The van der Waals surface area contributed by atoms with Crippen molar-refractivity contribution in [3.05, 3.63) is 59.9 Å². The molecule has 2 saturated heterocycles. The van der Waals surface area contributed by atoms with Gasteiger partial charge in [0.15, 0.2) is 0 Å². The van der Waals surface area contributed by atoms with Crippen LogP contribution in [0.15, 0.2) is 43.2 Å². The van der Waals surface area contributed by atoms with Crippen molar-refractivity contribution < 1.29 is 4.74 Å². The summed E-state index contributed by atoms with van der Waals surface area (Å²) in [5.74, 6) is 1.10. The zero-order chi connectivity index (χ0) is 25.1. The van der Waals surface area contributed by atoms with Gasteiger partial charge in [-0.3, -0.25) is 9.88 Å². The molecule has 1 aromatic heterocycles. The monoisotopic (exact) mass is 493 g/mol. The van der Waals surface area contributed by atoms with Crippen molar-refractivity contribution in [1.29, 1.82) is 0 Å². The van der Waals surface area contributed by atoms with Crippen LogP contribution in [0.1, 0.15) is 70.1 Å². The van der Waals surface area contributed by atoms with Crippen molar-refractivity contribution >= 4 is 19.6 Å². The van der Waals surface area contributed by atoms with Crippen LogP contribution >= 0.6 is 8.58 Å². The molecule has 2 fully saturated rings. The average molecular weight is 494 g/mol. The van der Waals surface area contributed by atoms with Gasteiger partial charge in [0.25, 0.3) is 0 Å². The number of nitrogens with zero attached hydrogens (tertiary/aromatic N) is 3. The lowest BCUT2D eigenvalue weighted by Crippen LogP contribution is -2.46. The van der Waals surface area contributed by atoms with E-state index in [0.29, 0.717) is 5.41 Å². The minimum Gasteiger partial charge on any atom is -0.487 e. The summed E-state index contributed by atoms with van der Waals surface area (Å²) in [7, 11) is 0.754. The van der Waals surface area contributed by atoms with Gasteiger partial charge in [-0.2, -0.15) is 0 Å². The molecule has 0 aliphatic carbocycles. The summed E-state index contributed by atoms with van der Waals surface area (Å²) in [5, 5.41) is 1.33. The standard InChI is InChI=1S/C28H38N3OP.C2H6/c1-21(23-8-13-29-19-26(23)33-4)31-16-11-28(12-17-31)9-14-30(15-10-28)20-22-6-5-7-25-24(22)18-27(2,3)32-25;1-2/h5-8,13,19,33H,1,9-12,14-18,20H2,2-4H3;1-2H3. The lowest BCUT2D eigenvalue weighted by atomic mass is 9.71. The molecule has 1 atom stereocenters. The molecule has 0 bridgehead atoms. The molecule has 2 aromatic rings. The number of likely N-dealkylation sites (tertiary alicyclic amines) is 2. The van der Waals surface area contributed by atoms with Crippen molar-refractivity contribution in [2.45, 2.75) is 71.9 Å². The molecule has 35 heavy (non-hydrogen) atoms. The molecule has 4 nitrogen and oxygen atoms in total. The Kier molecular flexibility index (Phi) is 8.23. The summed E-state index contributed by atoms with van der Waals surface area (Å²) >= 11 is 0. The number of piperidine rings is 2. The highest BCUT2D eigenvalue weighted by Crippen LogP contribution is 2.43. The quantitative estimate of drug-likeness (QED) is 0.471. The maximum absolute atomic E-state index is 6.16. The van der Waals surface area contributed by atoms with Gasteiger partial charge in [-0.05, 0) is 82.4 Å². The molecule has 190 valence electrons. The van der Waals surface area contributed by atoms with Crippen LogP contribution in [0.4, 0.5) is 0 Å². The van der Waals surface area contributed by atoms with Gasteiger partial charge in [-0.15, -0.1) is 0 Å². The van der Waals surface area contributed by atoms with Gasteiger partial charge in [-0.1, -0.05) is 41.1 Å². The third-order valence-electron chi connectivity index (χ3n) is 8.14. The van der Waals surface area contributed by atoms with E-state index in [1.54, 1.807) is 0 Å². The summed E-state index contributed by atoms with van der Waals surface area (Å²) in [5.41, 5.74) is 5.82. The molecule has 1 aromatic carbocycles. The third-order valence-corrected chi connectivity index (χ3v) is 9.07. The van der Waals surface area contributed by atoms with Gasteiger partial charge in [0.05, 0.1) is 0 Å². The van der Waals surface area contributed by atoms with Crippen LogP contribution in [0.2, 0.25) is 0 Å². The largest absolute Gasteiger partial charge is 0.487 e. The molecule has 1 spiro atoms. The lowest BCUT2D eigenvalue weighted by molar-refractivity contribution is 0.0479. The average Bonchev–Trinajstić information content (AvgIpc) is 3.21. The van der Waals surface area contributed by atoms with E-state index >= 15 is 0 Å². The van der Waals surface area contributed by atoms with E-state index in [-0.39, 0.29) is 5.60 Å². The Morgan fingerprint density at radius 1 is 1.06 bits per heavy atom.